The number of nitrogens with zero attached hydrogens (tertiary/aromatic N) is 1. The lowest BCUT2D eigenvalue weighted by molar-refractivity contribution is 0.327. The van der Waals surface area contributed by atoms with E-state index in [9.17, 15) is 4.39 Å². The molecule has 0 amide bonds. The van der Waals surface area contributed by atoms with E-state index < -0.39 is 0 Å². The van der Waals surface area contributed by atoms with Crippen LogP contribution in [-0.2, 0) is 0 Å². The fraction of sp³-hybridized carbons (Fsp3) is 0.583. The van der Waals surface area contributed by atoms with Crippen molar-refractivity contribution in [3.8, 4) is 0 Å². The van der Waals surface area contributed by atoms with Crippen molar-refractivity contribution in [3.05, 3.63) is 22.6 Å². The molecule has 0 fully saturated rings. The fourth-order valence-electron chi connectivity index (χ4n) is 1.57. The Bertz CT molecular complexity index is 377. The van der Waals surface area contributed by atoms with Gasteiger partial charge in [0, 0.05) is 16.7 Å². The van der Waals surface area contributed by atoms with E-state index >= 15 is 0 Å². The number of anilines is 1. The molecule has 96 valence electrons. The minimum atomic E-state index is -0.356. The third-order valence-electron chi connectivity index (χ3n) is 2.62. The molecule has 3 nitrogen and oxygen atoms in total. The van der Waals surface area contributed by atoms with Crippen LogP contribution in [-0.4, -0.2) is 17.6 Å². The van der Waals surface area contributed by atoms with Crippen molar-refractivity contribution < 1.29 is 4.39 Å². The van der Waals surface area contributed by atoms with Crippen LogP contribution in [0.3, 0.4) is 0 Å². The molecule has 3 N–H and O–H groups in total. The monoisotopic (exact) mass is 303 g/mol. The first-order valence-electron chi connectivity index (χ1n) is 5.62. The first kappa shape index (κ1) is 14.4. The summed E-state index contributed by atoms with van der Waals surface area (Å²) in [5, 5.41) is 3.13. The molecular weight excluding hydrogens is 285 g/mol. The Hall–Kier alpha value is -0.680. The second-order valence-corrected chi connectivity index (χ2v) is 6.04. The molecule has 1 heterocycles. The van der Waals surface area contributed by atoms with Gasteiger partial charge in [-0.05, 0) is 40.4 Å². The van der Waals surface area contributed by atoms with Gasteiger partial charge in [0.1, 0.15) is 0 Å². The summed E-state index contributed by atoms with van der Waals surface area (Å²) >= 11 is 3.18. The Morgan fingerprint density at radius 2 is 2.18 bits per heavy atom. The number of pyridine rings is 1. The van der Waals surface area contributed by atoms with Gasteiger partial charge in [0.25, 0.3) is 0 Å². The Labute approximate surface area is 110 Å². The Morgan fingerprint density at radius 3 is 2.65 bits per heavy atom. The molecular formula is C12H19BrFN3. The topological polar surface area (TPSA) is 50.9 Å². The first-order valence-corrected chi connectivity index (χ1v) is 6.41. The van der Waals surface area contributed by atoms with E-state index in [1.54, 1.807) is 6.20 Å². The molecule has 0 radical (unpaired) electrons. The number of nitrogens with two attached hydrogens (primary N) is 1. The highest BCUT2D eigenvalue weighted by molar-refractivity contribution is 9.10. The van der Waals surface area contributed by atoms with Crippen molar-refractivity contribution >= 4 is 21.7 Å². The molecule has 0 spiro atoms. The standard InChI is InChI=1S/C12H19BrFN3/c1-12(2,3)10(4-5-15)17-11-9(14)6-8(13)7-16-11/h6-7,10H,4-5,15H2,1-3H3,(H,16,17). The van der Waals surface area contributed by atoms with Crippen molar-refractivity contribution in [2.75, 3.05) is 11.9 Å². The number of hydrogen-bond donors (Lipinski definition) is 2. The van der Waals surface area contributed by atoms with E-state index in [0.717, 1.165) is 6.42 Å². The van der Waals surface area contributed by atoms with Gasteiger partial charge < -0.3 is 11.1 Å². The number of rotatable bonds is 4. The van der Waals surface area contributed by atoms with Gasteiger partial charge in [0.15, 0.2) is 11.6 Å². The molecule has 5 heteroatoms. The predicted octanol–water partition coefficient (Wildman–Crippen LogP) is 3.16. The molecule has 1 aromatic heterocycles. The van der Waals surface area contributed by atoms with Crippen LogP contribution in [0.5, 0.6) is 0 Å². The smallest absolute Gasteiger partial charge is 0.166 e. The lowest BCUT2D eigenvalue weighted by Gasteiger charge is -2.31. The third-order valence-corrected chi connectivity index (χ3v) is 3.05. The fourth-order valence-corrected chi connectivity index (χ4v) is 1.88. The van der Waals surface area contributed by atoms with Crippen molar-refractivity contribution in [1.82, 2.24) is 4.98 Å². The zero-order valence-corrected chi connectivity index (χ0v) is 12.0. The van der Waals surface area contributed by atoms with Crippen LogP contribution in [0.25, 0.3) is 0 Å². The molecule has 1 rings (SSSR count). The quantitative estimate of drug-likeness (QED) is 0.898. The summed E-state index contributed by atoms with van der Waals surface area (Å²) in [6.45, 7) is 6.85. The minimum absolute atomic E-state index is 0.000559. The molecule has 1 aromatic rings. The van der Waals surface area contributed by atoms with Crippen molar-refractivity contribution in [2.24, 2.45) is 11.1 Å². The molecule has 0 bridgehead atoms. The van der Waals surface area contributed by atoms with E-state index in [1.165, 1.54) is 6.07 Å². The Balaban J connectivity index is 2.86. The summed E-state index contributed by atoms with van der Waals surface area (Å²) in [6.07, 6.45) is 2.36. The van der Waals surface area contributed by atoms with Crippen LogP contribution in [0.1, 0.15) is 27.2 Å². The SMILES string of the molecule is CC(C)(C)C(CCN)Nc1ncc(Br)cc1F. The normalized spacial score (nSPS) is 13.5. The molecule has 0 aliphatic rings. The molecule has 1 unspecified atom stereocenters. The van der Waals surface area contributed by atoms with Crippen LogP contribution >= 0.6 is 15.9 Å². The Morgan fingerprint density at radius 1 is 1.53 bits per heavy atom. The summed E-state index contributed by atoms with van der Waals surface area (Å²) in [6, 6.07) is 1.49. The number of halogens is 2. The predicted molar refractivity (Wildman–Crippen MR) is 72.4 cm³/mol. The second-order valence-electron chi connectivity index (χ2n) is 5.12. The summed E-state index contributed by atoms with van der Waals surface area (Å²) in [5.74, 6) is -0.0766. The number of hydrogen-bond acceptors (Lipinski definition) is 3. The van der Waals surface area contributed by atoms with Crippen LogP contribution < -0.4 is 11.1 Å². The molecule has 17 heavy (non-hydrogen) atoms. The maximum atomic E-state index is 13.7. The second kappa shape index (κ2) is 5.78. The molecule has 0 aliphatic carbocycles. The maximum Gasteiger partial charge on any atom is 0.166 e. The molecule has 0 saturated heterocycles. The summed E-state index contributed by atoms with van der Waals surface area (Å²) in [7, 11) is 0. The van der Waals surface area contributed by atoms with E-state index in [4.69, 9.17) is 5.73 Å². The average Bonchev–Trinajstić information content (AvgIpc) is 2.19. The highest BCUT2D eigenvalue weighted by Crippen LogP contribution is 2.26. The van der Waals surface area contributed by atoms with Crippen LogP contribution in [0.4, 0.5) is 10.2 Å². The van der Waals surface area contributed by atoms with Gasteiger partial charge in [-0.3, -0.25) is 0 Å². The first-order chi connectivity index (χ1) is 7.84. The molecule has 1 atom stereocenters. The lowest BCUT2D eigenvalue weighted by Crippen LogP contribution is -2.36. The van der Waals surface area contributed by atoms with Crippen molar-refractivity contribution in [1.29, 1.82) is 0 Å². The highest BCUT2D eigenvalue weighted by Gasteiger charge is 2.24. The average molecular weight is 304 g/mol. The molecule has 0 aromatic carbocycles. The number of nitrogens with one attached hydrogen (secondary N) is 1. The van der Waals surface area contributed by atoms with Gasteiger partial charge >= 0.3 is 0 Å². The van der Waals surface area contributed by atoms with Gasteiger partial charge in [-0.1, -0.05) is 20.8 Å². The van der Waals surface area contributed by atoms with Crippen molar-refractivity contribution in [3.63, 3.8) is 0 Å². The maximum absolute atomic E-state index is 13.7. The zero-order valence-electron chi connectivity index (χ0n) is 10.4. The summed E-state index contributed by atoms with van der Waals surface area (Å²) < 4.78 is 14.3. The largest absolute Gasteiger partial charge is 0.364 e. The van der Waals surface area contributed by atoms with E-state index in [0.29, 0.717) is 11.0 Å². The minimum Gasteiger partial charge on any atom is -0.364 e. The van der Waals surface area contributed by atoms with Gasteiger partial charge in [0.2, 0.25) is 0 Å². The van der Waals surface area contributed by atoms with Crippen LogP contribution in [0.15, 0.2) is 16.7 Å². The van der Waals surface area contributed by atoms with Gasteiger partial charge in [-0.25, -0.2) is 9.37 Å². The van der Waals surface area contributed by atoms with Gasteiger partial charge in [-0.2, -0.15) is 0 Å². The van der Waals surface area contributed by atoms with Crippen LogP contribution in [0, 0.1) is 11.2 Å². The Kier molecular flexibility index (Phi) is 4.89. The molecule has 0 saturated carbocycles. The highest BCUT2D eigenvalue weighted by atomic mass is 79.9. The van der Waals surface area contributed by atoms with Gasteiger partial charge in [0.05, 0.1) is 0 Å². The lowest BCUT2D eigenvalue weighted by atomic mass is 9.85. The number of aromatic nitrogens is 1. The van der Waals surface area contributed by atoms with Gasteiger partial charge in [-0.15, -0.1) is 0 Å². The summed E-state index contributed by atoms with van der Waals surface area (Å²) in [5.41, 5.74) is 5.58. The third kappa shape index (κ3) is 4.24. The summed E-state index contributed by atoms with van der Waals surface area (Å²) in [4.78, 5) is 4.04. The van der Waals surface area contributed by atoms with Crippen molar-refractivity contribution in [2.45, 2.75) is 33.2 Å². The van der Waals surface area contributed by atoms with E-state index in [1.807, 2.05) is 0 Å². The molecule has 0 aliphatic heterocycles. The van der Waals surface area contributed by atoms with E-state index in [2.05, 4.69) is 47.0 Å². The zero-order chi connectivity index (χ0) is 13.1. The van der Waals surface area contributed by atoms with Crippen LogP contribution in [0.2, 0.25) is 0 Å². The van der Waals surface area contributed by atoms with E-state index in [-0.39, 0.29) is 23.1 Å².